The number of rotatable bonds is 7. The predicted octanol–water partition coefficient (Wildman–Crippen LogP) is 3.02. The molecule has 0 bridgehead atoms. The lowest BCUT2D eigenvalue weighted by atomic mass is 10.1. The van der Waals surface area contributed by atoms with Crippen LogP contribution in [-0.2, 0) is 37.3 Å². The molecule has 0 aliphatic carbocycles. The lowest BCUT2D eigenvalue weighted by Gasteiger charge is -2.20. The van der Waals surface area contributed by atoms with E-state index in [4.69, 9.17) is 25.8 Å². The van der Waals surface area contributed by atoms with E-state index in [9.17, 15) is 23.3 Å². The smallest absolute Gasteiger partial charge is 0.307 e. The van der Waals surface area contributed by atoms with Crippen molar-refractivity contribution in [2.75, 3.05) is 12.5 Å². The van der Waals surface area contributed by atoms with Crippen molar-refractivity contribution in [1.29, 1.82) is 0 Å². The largest absolute Gasteiger partial charge is 0.467 e. The van der Waals surface area contributed by atoms with Crippen molar-refractivity contribution < 1.29 is 32.3 Å². The number of fused-ring (bicyclic) bond motifs is 1. The summed E-state index contributed by atoms with van der Waals surface area (Å²) in [6, 6.07) is 8.52. The molecule has 0 spiro atoms. The number of non-ortho nitro benzene ring substituents is 1. The van der Waals surface area contributed by atoms with Gasteiger partial charge in [-0.15, -0.1) is 0 Å². The van der Waals surface area contributed by atoms with Gasteiger partial charge in [0.15, 0.2) is 16.6 Å². The number of esters is 1. The van der Waals surface area contributed by atoms with Crippen LogP contribution in [0.25, 0.3) is 0 Å². The van der Waals surface area contributed by atoms with E-state index in [-0.39, 0.29) is 35.6 Å². The SMILES string of the molecule is O=C(CCS(=O)(=O)c1ccccc1Cl)OCc1cc([N+](=O)[O-])cc2c1OCOC2. The summed E-state index contributed by atoms with van der Waals surface area (Å²) in [5.41, 5.74) is 0.586. The molecule has 0 amide bonds. The van der Waals surface area contributed by atoms with Gasteiger partial charge in [0, 0.05) is 23.3 Å². The van der Waals surface area contributed by atoms with E-state index in [1.165, 1.54) is 30.3 Å². The van der Waals surface area contributed by atoms with Crippen molar-refractivity contribution in [1.82, 2.24) is 0 Å². The first-order valence-electron chi connectivity index (χ1n) is 8.41. The van der Waals surface area contributed by atoms with Crippen LogP contribution in [0.2, 0.25) is 5.02 Å². The minimum absolute atomic E-state index is 0.0260. The molecule has 9 nitrogen and oxygen atoms in total. The standard InChI is InChI=1S/C18H16ClNO8S/c19-15-3-1-2-4-16(15)29(24,25)6-5-17(21)27-10-13-8-14(20(22)23)7-12-9-26-11-28-18(12)13/h1-4,7-8H,5-6,9-11H2. The van der Waals surface area contributed by atoms with Crippen LogP contribution < -0.4 is 4.74 Å². The fourth-order valence-electron chi connectivity index (χ4n) is 2.75. The molecule has 0 atom stereocenters. The van der Waals surface area contributed by atoms with Gasteiger partial charge in [-0.2, -0.15) is 0 Å². The van der Waals surface area contributed by atoms with Crippen molar-refractivity contribution >= 4 is 33.1 Å². The zero-order valence-electron chi connectivity index (χ0n) is 15.0. The second-order valence-corrected chi connectivity index (χ2v) is 8.61. The van der Waals surface area contributed by atoms with Crippen LogP contribution in [0.4, 0.5) is 5.69 Å². The lowest BCUT2D eigenvalue weighted by molar-refractivity contribution is -0.385. The van der Waals surface area contributed by atoms with E-state index in [0.29, 0.717) is 16.9 Å². The van der Waals surface area contributed by atoms with E-state index >= 15 is 0 Å². The van der Waals surface area contributed by atoms with E-state index in [2.05, 4.69) is 0 Å². The quantitative estimate of drug-likeness (QED) is 0.365. The fourth-order valence-corrected chi connectivity index (χ4v) is 4.54. The van der Waals surface area contributed by atoms with Gasteiger partial charge in [0.25, 0.3) is 5.69 Å². The van der Waals surface area contributed by atoms with Gasteiger partial charge in [0.2, 0.25) is 0 Å². The number of halogens is 1. The third-order valence-corrected chi connectivity index (χ3v) is 6.33. The summed E-state index contributed by atoms with van der Waals surface area (Å²) in [6.07, 6.45) is -0.394. The molecule has 1 aliphatic rings. The topological polar surface area (TPSA) is 122 Å². The molecular weight excluding hydrogens is 426 g/mol. The first-order valence-corrected chi connectivity index (χ1v) is 10.4. The molecule has 0 saturated heterocycles. The summed E-state index contributed by atoms with van der Waals surface area (Å²) >= 11 is 5.90. The van der Waals surface area contributed by atoms with Crippen molar-refractivity contribution in [3.63, 3.8) is 0 Å². The molecule has 0 aromatic heterocycles. The summed E-state index contributed by atoms with van der Waals surface area (Å²) in [4.78, 5) is 22.5. The Morgan fingerprint density at radius 1 is 1.28 bits per heavy atom. The van der Waals surface area contributed by atoms with Crippen molar-refractivity contribution in [2.24, 2.45) is 0 Å². The summed E-state index contributed by atoms with van der Waals surface area (Å²) < 4.78 is 40.3. The Morgan fingerprint density at radius 3 is 2.76 bits per heavy atom. The molecule has 0 unspecified atom stereocenters. The molecule has 0 N–H and O–H groups in total. The average molecular weight is 442 g/mol. The number of carbonyl (C=O) groups excluding carboxylic acids is 1. The highest BCUT2D eigenvalue weighted by molar-refractivity contribution is 7.91. The molecule has 3 rings (SSSR count). The van der Waals surface area contributed by atoms with E-state index in [1.54, 1.807) is 6.07 Å². The van der Waals surface area contributed by atoms with Crippen LogP contribution in [0, 0.1) is 10.1 Å². The molecule has 2 aromatic carbocycles. The number of sulfone groups is 1. The third kappa shape index (κ3) is 5.03. The first kappa shape index (κ1) is 21.0. The number of carbonyl (C=O) groups is 1. The van der Waals surface area contributed by atoms with E-state index in [0.717, 1.165) is 0 Å². The van der Waals surface area contributed by atoms with E-state index < -0.39 is 32.9 Å². The monoisotopic (exact) mass is 441 g/mol. The molecule has 154 valence electrons. The van der Waals surface area contributed by atoms with E-state index in [1.807, 2.05) is 0 Å². The Labute approximate surface area is 171 Å². The molecule has 1 aliphatic heterocycles. The minimum atomic E-state index is -3.76. The van der Waals surface area contributed by atoms with Crippen LogP contribution in [0.3, 0.4) is 0 Å². The Hall–Kier alpha value is -2.69. The number of hydrogen-bond acceptors (Lipinski definition) is 8. The van der Waals surface area contributed by atoms with Gasteiger partial charge in [-0.1, -0.05) is 23.7 Å². The molecule has 29 heavy (non-hydrogen) atoms. The summed E-state index contributed by atoms with van der Waals surface area (Å²) in [5, 5.41) is 11.2. The summed E-state index contributed by atoms with van der Waals surface area (Å²) in [6.45, 7) is -0.190. The van der Waals surface area contributed by atoms with Crippen LogP contribution >= 0.6 is 11.6 Å². The normalized spacial score (nSPS) is 13.3. The number of nitro groups is 1. The number of ether oxygens (including phenoxy) is 3. The van der Waals surface area contributed by atoms with Gasteiger partial charge in [-0.05, 0) is 12.1 Å². The number of benzene rings is 2. The van der Waals surface area contributed by atoms with Crippen LogP contribution in [-0.4, -0.2) is 31.9 Å². The maximum Gasteiger partial charge on any atom is 0.307 e. The van der Waals surface area contributed by atoms with Gasteiger partial charge in [0.1, 0.15) is 12.4 Å². The van der Waals surface area contributed by atoms with Crippen LogP contribution in [0.5, 0.6) is 5.75 Å². The lowest BCUT2D eigenvalue weighted by Crippen LogP contribution is -2.16. The molecule has 11 heteroatoms. The minimum Gasteiger partial charge on any atom is -0.467 e. The highest BCUT2D eigenvalue weighted by Gasteiger charge is 2.23. The Kier molecular flexibility index (Phi) is 6.36. The van der Waals surface area contributed by atoms with Crippen molar-refractivity contribution in [3.8, 4) is 5.75 Å². The number of nitrogens with zero attached hydrogens (tertiary/aromatic N) is 1. The van der Waals surface area contributed by atoms with Gasteiger partial charge in [-0.3, -0.25) is 14.9 Å². The van der Waals surface area contributed by atoms with Crippen molar-refractivity contribution in [2.45, 2.75) is 24.5 Å². The van der Waals surface area contributed by atoms with Crippen LogP contribution in [0.15, 0.2) is 41.3 Å². The predicted molar refractivity (Wildman–Crippen MR) is 101 cm³/mol. The van der Waals surface area contributed by atoms with Gasteiger partial charge >= 0.3 is 5.97 Å². The molecular formula is C18H16ClNO8S. The van der Waals surface area contributed by atoms with Gasteiger partial charge < -0.3 is 14.2 Å². The number of nitro benzene ring substituents is 1. The molecule has 0 saturated carbocycles. The van der Waals surface area contributed by atoms with Gasteiger partial charge in [-0.25, -0.2) is 8.42 Å². The molecule has 2 aromatic rings. The number of hydrogen-bond donors (Lipinski definition) is 0. The molecule has 0 fully saturated rings. The zero-order valence-corrected chi connectivity index (χ0v) is 16.6. The maximum absolute atomic E-state index is 12.3. The Balaban J connectivity index is 1.66. The molecule has 0 radical (unpaired) electrons. The van der Waals surface area contributed by atoms with Crippen molar-refractivity contribution in [3.05, 3.63) is 62.7 Å². The molecule has 1 heterocycles. The zero-order chi connectivity index (χ0) is 21.0. The maximum atomic E-state index is 12.3. The highest BCUT2D eigenvalue weighted by atomic mass is 35.5. The third-order valence-electron chi connectivity index (χ3n) is 4.12. The second kappa shape index (κ2) is 8.76. The average Bonchev–Trinajstić information content (AvgIpc) is 2.70. The fraction of sp³-hybridized carbons (Fsp3) is 0.278. The highest BCUT2D eigenvalue weighted by Crippen LogP contribution is 2.33. The summed E-state index contributed by atoms with van der Waals surface area (Å²) in [7, 11) is -3.76. The van der Waals surface area contributed by atoms with Gasteiger partial charge in [0.05, 0.1) is 33.6 Å². The second-order valence-electron chi connectivity index (χ2n) is 6.12. The first-order chi connectivity index (χ1) is 13.8. The summed E-state index contributed by atoms with van der Waals surface area (Å²) in [5.74, 6) is -0.890. The Morgan fingerprint density at radius 2 is 2.03 bits per heavy atom. The van der Waals surface area contributed by atoms with Crippen LogP contribution in [0.1, 0.15) is 17.5 Å². The Bertz CT molecular complexity index is 1050.